The van der Waals surface area contributed by atoms with Crippen molar-refractivity contribution in [2.75, 3.05) is 18.6 Å². The van der Waals surface area contributed by atoms with Gasteiger partial charge in [-0.3, -0.25) is 4.79 Å². The molecule has 1 aromatic heterocycles. The van der Waals surface area contributed by atoms with E-state index in [4.69, 9.17) is 4.74 Å². The van der Waals surface area contributed by atoms with Crippen molar-refractivity contribution in [1.29, 1.82) is 0 Å². The van der Waals surface area contributed by atoms with Crippen LogP contribution in [0.1, 0.15) is 49.7 Å². The number of aromatic amines is 1. The summed E-state index contributed by atoms with van der Waals surface area (Å²) in [6, 6.07) is 6.17. The number of aromatic nitrogens is 1. The van der Waals surface area contributed by atoms with Gasteiger partial charge in [0.05, 0.1) is 12.7 Å². The third kappa shape index (κ3) is 2.60. The molecule has 5 nitrogen and oxygen atoms in total. The van der Waals surface area contributed by atoms with Crippen LogP contribution in [-0.4, -0.2) is 30.5 Å². The number of hydrogen-bond acceptors (Lipinski definition) is 3. The summed E-state index contributed by atoms with van der Waals surface area (Å²) in [5.74, 6) is -0.523. The van der Waals surface area contributed by atoms with E-state index in [-0.39, 0.29) is 5.91 Å². The highest BCUT2D eigenvalue weighted by atomic mass is 16.5. The molecule has 0 radical (unpaired) electrons. The SMILES string of the molecule is COC(=O)c1c(C)[nH]c(C(=O)N2CCCc3cc(C)ccc32)c1C. The Kier molecular flexibility index (Phi) is 4.18. The number of benzene rings is 1. The number of carbonyl (C=O) groups excluding carboxylic acids is 2. The van der Waals surface area contributed by atoms with Gasteiger partial charge in [-0.15, -0.1) is 0 Å². The lowest BCUT2D eigenvalue weighted by Gasteiger charge is -2.29. The molecular formula is C19H22N2O3. The molecule has 0 saturated heterocycles. The molecule has 2 aromatic rings. The number of fused-ring (bicyclic) bond motifs is 1. The van der Waals surface area contributed by atoms with Gasteiger partial charge in [0.15, 0.2) is 0 Å². The number of rotatable bonds is 2. The number of nitrogens with zero attached hydrogens (tertiary/aromatic N) is 1. The van der Waals surface area contributed by atoms with E-state index < -0.39 is 5.97 Å². The zero-order valence-electron chi connectivity index (χ0n) is 14.5. The molecule has 2 heterocycles. The minimum absolute atomic E-state index is 0.101. The van der Waals surface area contributed by atoms with Crippen molar-refractivity contribution in [3.05, 3.63) is 51.8 Å². The second-order valence-corrected chi connectivity index (χ2v) is 6.31. The quantitative estimate of drug-likeness (QED) is 0.861. The summed E-state index contributed by atoms with van der Waals surface area (Å²) in [4.78, 5) is 29.9. The van der Waals surface area contributed by atoms with Gasteiger partial charge in [0, 0.05) is 17.9 Å². The lowest BCUT2D eigenvalue weighted by molar-refractivity contribution is 0.0599. The molecule has 126 valence electrons. The van der Waals surface area contributed by atoms with Gasteiger partial charge in [0.25, 0.3) is 5.91 Å². The minimum atomic E-state index is -0.421. The predicted octanol–water partition coefficient (Wildman–Crippen LogP) is 3.32. The Balaban J connectivity index is 2.01. The van der Waals surface area contributed by atoms with Crippen LogP contribution in [0.2, 0.25) is 0 Å². The molecule has 3 rings (SSSR count). The molecule has 1 aliphatic heterocycles. The maximum absolute atomic E-state index is 13.1. The standard InChI is InChI=1S/C19H22N2O3/c1-11-7-8-15-14(10-11)6-5-9-21(15)18(22)17-12(2)16(13(3)20-17)19(23)24-4/h7-8,10,20H,5-6,9H2,1-4H3. The van der Waals surface area contributed by atoms with E-state index in [2.05, 4.69) is 18.0 Å². The van der Waals surface area contributed by atoms with Crippen molar-refractivity contribution >= 4 is 17.6 Å². The van der Waals surface area contributed by atoms with E-state index in [1.165, 1.54) is 18.2 Å². The molecule has 5 heteroatoms. The van der Waals surface area contributed by atoms with Crippen molar-refractivity contribution < 1.29 is 14.3 Å². The van der Waals surface area contributed by atoms with Crippen molar-refractivity contribution in [1.82, 2.24) is 4.98 Å². The molecule has 0 atom stereocenters. The smallest absolute Gasteiger partial charge is 0.339 e. The first-order chi connectivity index (χ1) is 11.4. The Morgan fingerprint density at radius 1 is 1.21 bits per heavy atom. The van der Waals surface area contributed by atoms with Crippen LogP contribution < -0.4 is 4.90 Å². The lowest BCUT2D eigenvalue weighted by Crippen LogP contribution is -2.36. The van der Waals surface area contributed by atoms with E-state index in [0.717, 1.165) is 18.5 Å². The number of H-pyrrole nitrogens is 1. The first-order valence-corrected chi connectivity index (χ1v) is 8.13. The molecule has 1 aromatic carbocycles. The Morgan fingerprint density at radius 2 is 1.96 bits per heavy atom. The molecule has 24 heavy (non-hydrogen) atoms. The van der Waals surface area contributed by atoms with Crippen LogP contribution in [0, 0.1) is 20.8 Å². The Labute approximate surface area is 141 Å². The van der Waals surface area contributed by atoms with Gasteiger partial charge in [-0.25, -0.2) is 4.79 Å². The summed E-state index contributed by atoms with van der Waals surface area (Å²) in [6.45, 7) is 6.30. The normalized spacial score (nSPS) is 13.6. The van der Waals surface area contributed by atoms with Gasteiger partial charge < -0.3 is 14.6 Å². The zero-order chi connectivity index (χ0) is 17.4. The van der Waals surface area contributed by atoms with Gasteiger partial charge in [0.2, 0.25) is 0 Å². The summed E-state index contributed by atoms with van der Waals surface area (Å²) < 4.78 is 4.82. The number of carbonyl (C=O) groups is 2. The van der Waals surface area contributed by atoms with Crippen molar-refractivity contribution in [3.63, 3.8) is 0 Å². The highest BCUT2D eigenvalue weighted by Gasteiger charge is 2.28. The molecule has 0 unspecified atom stereocenters. The van der Waals surface area contributed by atoms with Crippen molar-refractivity contribution in [2.24, 2.45) is 0 Å². The summed E-state index contributed by atoms with van der Waals surface area (Å²) in [6.07, 6.45) is 1.92. The molecule has 0 spiro atoms. The van der Waals surface area contributed by atoms with Crippen molar-refractivity contribution in [2.45, 2.75) is 33.6 Å². The number of methoxy groups -OCH3 is 1. The van der Waals surface area contributed by atoms with Crippen LogP contribution in [0.25, 0.3) is 0 Å². The first kappa shape index (κ1) is 16.3. The molecule has 0 saturated carbocycles. The molecular weight excluding hydrogens is 304 g/mol. The van der Waals surface area contributed by atoms with Crippen LogP contribution in [0.4, 0.5) is 5.69 Å². The van der Waals surface area contributed by atoms with Crippen molar-refractivity contribution in [3.8, 4) is 0 Å². The molecule has 0 bridgehead atoms. The molecule has 0 aliphatic carbocycles. The Bertz CT molecular complexity index is 820. The lowest BCUT2D eigenvalue weighted by atomic mass is 9.99. The molecule has 0 fully saturated rings. The largest absolute Gasteiger partial charge is 0.465 e. The number of amides is 1. The second kappa shape index (κ2) is 6.15. The third-order valence-electron chi connectivity index (χ3n) is 4.64. The molecule has 1 amide bonds. The van der Waals surface area contributed by atoms with E-state index >= 15 is 0 Å². The highest BCUT2D eigenvalue weighted by molar-refractivity contribution is 6.08. The van der Waals surface area contributed by atoms with Crippen LogP contribution >= 0.6 is 0 Å². The molecule has 1 aliphatic rings. The fourth-order valence-electron chi connectivity index (χ4n) is 3.44. The summed E-state index contributed by atoms with van der Waals surface area (Å²) in [7, 11) is 1.35. The van der Waals surface area contributed by atoms with E-state index in [1.807, 2.05) is 12.1 Å². The predicted molar refractivity (Wildman–Crippen MR) is 92.8 cm³/mol. The summed E-state index contributed by atoms with van der Waals surface area (Å²) >= 11 is 0. The van der Waals surface area contributed by atoms with Crippen LogP contribution in [-0.2, 0) is 11.2 Å². The fraction of sp³-hybridized carbons (Fsp3) is 0.368. The first-order valence-electron chi connectivity index (χ1n) is 8.13. The van der Waals surface area contributed by atoms with Crippen LogP contribution in [0.3, 0.4) is 0 Å². The van der Waals surface area contributed by atoms with E-state index in [0.29, 0.717) is 29.1 Å². The van der Waals surface area contributed by atoms with E-state index in [1.54, 1.807) is 18.7 Å². The average Bonchev–Trinajstić information content (AvgIpc) is 2.87. The average molecular weight is 326 g/mol. The number of ether oxygens (including phenoxy) is 1. The topological polar surface area (TPSA) is 62.4 Å². The summed E-state index contributed by atoms with van der Waals surface area (Å²) in [5.41, 5.74) is 5.56. The zero-order valence-corrected chi connectivity index (χ0v) is 14.5. The van der Waals surface area contributed by atoms with Gasteiger partial charge in [-0.05, 0) is 50.8 Å². The van der Waals surface area contributed by atoms with Gasteiger partial charge >= 0.3 is 5.97 Å². The Morgan fingerprint density at radius 3 is 2.67 bits per heavy atom. The Hall–Kier alpha value is -2.56. The summed E-state index contributed by atoms with van der Waals surface area (Å²) in [5, 5.41) is 0. The number of aryl methyl sites for hydroxylation is 3. The fourth-order valence-corrected chi connectivity index (χ4v) is 3.44. The maximum atomic E-state index is 13.1. The third-order valence-corrected chi connectivity index (χ3v) is 4.64. The number of esters is 1. The van der Waals surface area contributed by atoms with E-state index in [9.17, 15) is 9.59 Å². The maximum Gasteiger partial charge on any atom is 0.339 e. The number of nitrogens with one attached hydrogen (secondary N) is 1. The van der Waals surface area contributed by atoms with Gasteiger partial charge in [-0.1, -0.05) is 17.7 Å². The highest BCUT2D eigenvalue weighted by Crippen LogP contribution is 2.30. The van der Waals surface area contributed by atoms with Crippen LogP contribution in [0.5, 0.6) is 0 Å². The second-order valence-electron chi connectivity index (χ2n) is 6.31. The monoisotopic (exact) mass is 326 g/mol. The number of anilines is 1. The minimum Gasteiger partial charge on any atom is -0.465 e. The number of hydrogen-bond donors (Lipinski definition) is 1. The van der Waals surface area contributed by atoms with Gasteiger partial charge in [-0.2, -0.15) is 0 Å². The van der Waals surface area contributed by atoms with Crippen LogP contribution in [0.15, 0.2) is 18.2 Å². The van der Waals surface area contributed by atoms with Gasteiger partial charge in [0.1, 0.15) is 5.69 Å². The molecule has 1 N–H and O–H groups in total.